The third kappa shape index (κ3) is 4.16. The molecule has 0 bridgehead atoms. The smallest absolute Gasteiger partial charge is 0.133 e. The maximum atomic E-state index is 4.70. The zero-order valence-corrected chi connectivity index (χ0v) is 13.0. The molecular formula is C14H25N3S. The van der Waals surface area contributed by atoms with Crippen molar-refractivity contribution in [2.75, 3.05) is 11.9 Å². The highest BCUT2D eigenvalue weighted by Gasteiger charge is 2.13. The fourth-order valence-electron chi connectivity index (χ4n) is 1.60. The summed E-state index contributed by atoms with van der Waals surface area (Å²) in [6.07, 6.45) is 3.20. The van der Waals surface area contributed by atoms with E-state index in [-0.39, 0.29) is 0 Å². The van der Waals surface area contributed by atoms with E-state index in [1.807, 2.05) is 11.8 Å². The molecule has 1 rings (SSSR count). The van der Waals surface area contributed by atoms with Crippen molar-refractivity contribution in [1.29, 1.82) is 0 Å². The molecule has 0 aliphatic carbocycles. The van der Waals surface area contributed by atoms with Crippen LogP contribution >= 0.6 is 11.8 Å². The molecule has 0 aromatic carbocycles. The lowest BCUT2D eigenvalue weighted by atomic mass is 10.3. The number of nitrogens with zero attached hydrogens (tertiary/aromatic N) is 2. The molecule has 0 amide bonds. The van der Waals surface area contributed by atoms with Crippen molar-refractivity contribution < 1.29 is 0 Å². The first-order valence-corrected chi connectivity index (χ1v) is 7.78. The fourth-order valence-corrected chi connectivity index (χ4v) is 2.58. The first-order valence-electron chi connectivity index (χ1n) is 6.90. The molecule has 0 saturated heterocycles. The van der Waals surface area contributed by atoms with E-state index in [9.17, 15) is 0 Å². The lowest BCUT2D eigenvalue weighted by Crippen LogP contribution is -2.08. The Morgan fingerprint density at radius 1 is 1.22 bits per heavy atom. The van der Waals surface area contributed by atoms with Crippen molar-refractivity contribution in [3.8, 4) is 0 Å². The van der Waals surface area contributed by atoms with Gasteiger partial charge in [0, 0.05) is 23.8 Å². The topological polar surface area (TPSA) is 37.8 Å². The average Bonchev–Trinajstić information content (AvgIpc) is 2.35. The molecule has 0 saturated carbocycles. The van der Waals surface area contributed by atoms with Crippen LogP contribution in [0.25, 0.3) is 0 Å². The fraction of sp³-hybridized carbons (Fsp3) is 0.714. The van der Waals surface area contributed by atoms with E-state index < -0.39 is 0 Å². The van der Waals surface area contributed by atoms with Crippen molar-refractivity contribution in [2.24, 2.45) is 0 Å². The van der Waals surface area contributed by atoms with Gasteiger partial charge >= 0.3 is 0 Å². The Hall–Kier alpha value is -0.770. The molecule has 4 heteroatoms. The van der Waals surface area contributed by atoms with Crippen LogP contribution < -0.4 is 5.32 Å². The van der Waals surface area contributed by atoms with Crippen molar-refractivity contribution in [3.05, 3.63) is 11.4 Å². The van der Waals surface area contributed by atoms with Gasteiger partial charge in [-0.15, -0.1) is 11.8 Å². The predicted octanol–water partition coefficient (Wildman–Crippen LogP) is 4.06. The number of thioether (sulfide) groups is 1. The highest BCUT2D eigenvalue weighted by Crippen LogP contribution is 2.29. The summed E-state index contributed by atoms with van der Waals surface area (Å²) in [4.78, 5) is 9.31. The number of rotatable bonds is 7. The molecule has 3 nitrogen and oxygen atoms in total. The van der Waals surface area contributed by atoms with E-state index >= 15 is 0 Å². The molecule has 1 heterocycles. The second kappa shape index (κ2) is 7.62. The zero-order chi connectivity index (χ0) is 13.5. The molecule has 0 aliphatic heterocycles. The van der Waals surface area contributed by atoms with Crippen molar-refractivity contribution in [3.63, 3.8) is 0 Å². The van der Waals surface area contributed by atoms with Gasteiger partial charge in [-0.2, -0.15) is 0 Å². The van der Waals surface area contributed by atoms with Gasteiger partial charge in [0.2, 0.25) is 0 Å². The molecule has 18 heavy (non-hydrogen) atoms. The predicted molar refractivity (Wildman–Crippen MR) is 80.5 cm³/mol. The van der Waals surface area contributed by atoms with Crippen LogP contribution in [0.4, 0.5) is 5.82 Å². The van der Waals surface area contributed by atoms with Gasteiger partial charge in [0.05, 0.1) is 0 Å². The minimum atomic E-state index is 0.600. The van der Waals surface area contributed by atoms with Crippen molar-refractivity contribution >= 4 is 17.6 Å². The summed E-state index contributed by atoms with van der Waals surface area (Å²) in [7, 11) is 0. The molecule has 1 aromatic heterocycles. The maximum Gasteiger partial charge on any atom is 0.133 e. The van der Waals surface area contributed by atoms with Crippen LogP contribution in [-0.4, -0.2) is 21.8 Å². The lowest BCUT2D eigenvalue weighted by Gasteiger charge is -2.15. The van der Waals surface area contributed by atoms with Gasteiger partial charge in [-0.25, -0.2) is 9.97 Å². The largest absolute Gasteiger partial charge is 0.370 e. The summed E-state index contributed by atoms with van der Waals surface area (Å²) in [5, 5.41) is 5.08. The normalized spacial score (nSPS) is 12.5. The molecule has 1 aromatic rings. The van der Waals surface area contributed by atoms with Crippen LogP contribution in [0.3, 0.4) is 0 Å². The van der Waals surface area contributed by atoms with Crippen molar-refractivity contribution in [1.82, 2.24) is 9.97 Å². The summed E-state index contributed by atoms with van der Waals surface area (Å²) in [5.41, 5.74) is 1.18. The van der Waals surface area contributed by atoms with Gasteiger partial charge in [-0.1, -0.05) is 20.8 Å². The summed E-state index contributed by atoms with van der Waals surface area (Å²) in [6, 6.07) is 0. The number of hydrogen-bond donors (Lipinski definition) is 1. The van der Waals surface area contributed by atoms with E-state index in [1.54, 1.807) is 0 Å². The van der Waals surface area contributed by atoms with Gasteiger partial charge < -0.3 is 5.32 Å². The number of hydrogen-bond acceptors (Lipinski definition) is 4. The first kappa shape index (κ1) is 15.3. The molecule has 0 fully saturated rings. The first-order chi connectivity index (χ1) is 8.62. The van der Waals surface area contributed by atoms with Crippen LogP contribution in [0.15, 0.2) is 5.03 Å². The van der Waals surface area contributed by atoms with Crippen LogP contribution in [0.5, 0.6) is 0 Å². The highest BCUT2D eigenvalue weighted by molar-refractivity contribution is 7.99. The highest BCUT2D eigenvalue weighted by atomic mass is 32.2. The van der Waals surface area contributed by atoms with Gasteiger partial charge in [0.1, 0.15) is 16.7 Å². The van der Waals surface area contributed by atoms with Gasteiger partial charge in [0.15, 0.2) is 0 Å². The number of nitrogens with one attached hydrogen (secondary N) is 1. The van der Waals surface area contributed by atoms with Crippen LogP contribution in [-0.2, 0) is 6.42 Å². The minimum Gasteiger partial charge on any atom is -0.370 e. The van der Waals surface area contributed by atoms with Crippen LogP contribution in [0.2, 0.25) is 0 Å². The number of anilines is 1. The Labute approximate surface area is 115 Å². The van der Waals surface area contributed by atoms with Crippen LogP contribution in [0, 0.1) is 6.92 Å². The Balaban J connectivity index is 3.05. The third-order valence-electron chi connectivity index (χ3n) is 2.85. The summed E-state index contributed by atoms with van der Waals surface area (Å²) < 4.78 is 0. The Morgan fingerprint density at radius 3 is 2.50 bits per heavy atom. The third-order valence-corrected chi connectivity index (χ3v) is 4.21. The van der Waals surface area contributed by atoms with Gasteiger partial charge in [-0.05, 0) is 26.7 Å². The quantitative estimate of drug-likeness (QED) is 0.597. The number of aromatic nitrogens is 2. The van der Waals surface area contributed by atoms with E-state index in [4.69, 9.17) is 4.98 Å². The van der Waals surface area contributed by atoms with E-state index in [2.05, 4.69) is 44.9 Å². The average molecular weight is 267 g/mol. The molecule has 1 unspecified atom stereocenters. The van der Waals surface area contributed by atoms with E-state index in [1.165, 1.54) is 5.56 Å². The lowest BCUT2D eigenvalue weighted by molar-refractivity contribution is 0.798. The maximum absolute atomic E-state index is 4.70. The molecule has 0 aliphatic rings. The van der Waals surface area contributed by atoms with E-state index in [0.29, 0.717) is 5.25 Å². The minimum absolute atomic E-state index is 0.600. The van der Waals surface area contributed by atoms with Gasteiger partial charge in [0.25, 0.3) is 0 Å². The zero-order valence-electron chi connectivity index (χ0n) is 12.2. The summed E-state index contributed by atoms with van der Waals surface area (Å²) in [5.74, 6) is 1.96. The Bertz CT molecular complexity index is 380. The second-order valence-corrected chi connectivity index (χ2v) is 5.96. The summed E-state index contributed by atoms with van der Waals surface area (Å²) in [6.45, 7) is 11.7. The molecule has 0 spiro atoms. The molecule has 0 radical (unpaired) electrons. The molecule has 1 N–H and O–H groups in total. The Morgan fingerprint density at radius 2 is 1.94 bits per heavy atom. The summed E-state index contributed by atoms with van der Waals surface area (Å²) >= 11 is 1.86. The van der Waals surface area contributed by atoms with E-state index in [0.717, 1.165) is 42.5 Å². The monoisotopic (exact) mass is 267 g/mol. The molecular weight excluding hydrogens is 242 g/mol. The standard InChI is InChI=1S/C14H25N3S/c1-6-9-12-16-13(15-8-3)11(5)14(17-12)18-10(4)7-2/h10H,6-9H2,1-5H3,(H,15,16,17). The SMILES string of the molecule is CCCc1nc(NCC)c(C)c(SC(C)CC)n1. The van der Waals surface area contributed by atoms with Crippen molar-refractivity contribution in [2.45, 2.75) is 64.2 Å². The second-order valence-electron chi connectivity index (χ2n) is 4.54. The molecule has 102 valence electrons. The molecule has 1 atom stereocenters. The van der Waals surface area contributed by atoms with Crippen LogP contribution in [0.1, 0.15) is 51.9 Å². The van der Waals surface area contributed by atoms with Gasteiger partial charge in [-0.3, -0.25) is 0 Å². The Kier molecular flexibility index (Phi) is 6.47. The number of aryl methyl sites for hydroxylation is 1.